The number of aliphatic imine (C=N–C) groups is 1. The maximum atomic E-state index is 5.46. The molecule has 0 aliphatic carbocycles. The Kier molecular flexibility index (Phi) is 6.54. The van der Waals surface area contributed by atoms with Crippen LogP contribution in [0.4, 0.5) is 5.69 Å². The van der Waals surface area contributed by atoms with Crippen molar-refractivity contribution < 1.29 is 0 Å². The first-order valence-electron chi connectivity index (χ1n) is 6.10. The van der Waals surface area contributed by atoms with Gasteiger partial charge in [0.15, 0.2) is 0 Å². The van der Waals surface area contributed by atoms with E-state index < -0.39 is 0 Å². The molecule has 1 aromatic rings. The first kappa shape index (κ1) is 14.8. The summed E-state index contributed by atoms with van der Waals surface area (Å²) in [6, 6.07) is 8.39. The molecule has 0 aliphatic rings. The summed E-state index contributed by atoms with van der Waals surface area (Å²) >= 11 is 1.53. The van der Waals surface area contributed by atoms with Gasteiger partial charge in [-0.2, -0.15) is 0 Å². The molecule has 0 aromatic heterocycles. The van der Waals surface area contributed by atoms with Crippen molar-refractivity contribution in [2.75, 3.05) is 23.9 Å². The number of nitrogens with zero attached hydrogens (tertiary/aromatic N) is 2. The summed E-state index contributed by atoms with van der Waals surface area (Å²) in [7, 11) is 0. The third kappa shape index (κ3) is 3.89. The van der Waals surface area contributed by atoms with Gasteiger partial charge in [0.25, 0.3) is 0 Å². The van der Waals surface area contributed by atoms with E-state index in [9.17, 15) is 0 Å². The lowest BCUT2D eigenvalue weighted by atomic mass is 10.1. The molecule has 3 nitrogen and oxygen atoms in total. The lowest BCUT2D eigenvalue weighted by molar-refractivity contribution is 0.866. The summed E-state index contributed by atoms with van der Waals surface area (Å²) in [5.41, 5.74) is 8.64. The monoisotopic (exact) mass is 263 g/mol. The smallest absolute Gasteiger partial charge is 0.0758 e. The number of thioether (sulfide) groups is 1. The van der Waals surface area contributed by atoms with Gasteiger partial charge in [-0.25, -0.2) is 0 Å². The van der Waals surface area contributed by atoms with Crippen LogP contribution in [0.15, 0.2) is 34.7 Å². The molecule has 2 N–H and O–H groups in total. The lowest BCUT2D eigenvalue weighted by Gasteiger charge is -2.21. The average molecular weight is 263 g/mol. The predicted octanol–water partition coefficient (Wildman–Crippen LogP) is 3.18. The van der Waals surface area contributed by atoms with E-state index in [1.54, 1.807) is 0 Å². The van der Waals surface area contributed by atoms with Gasteiger partial charge >= 0.3 is 0 Å². The van der Waals surface area contributed by atoms with E-state index in [0.717, 1.165) is 24.4 Å². The second-order valence-electron chi connectivity index (χ2n) is 3.71. The summed E-state index contributed by atoms with van der Waals surface area (Å²) in [4.78, 5) is 6.34. The van der Waals surface area contributed by atoms with Gasteiger partial charge in [-0.1, -0.05) is 12.1 Å². The van der Waals surface area contributed by atoms with E-state index in [0.29, 0.717) is 5.88 Å². The number of hydrogen-bond acceptors (Lipinski definition) is 4. The van der Waals surface area contributed by atoms with E-state index in [2.05, 4.69) is 54.7 Å². The largest absolute Gasteiger partial charge is 0.372 e. The van der Waals surface area contributed by atoms with Gasteiger partial charge in [0.05, 0.1) is 5.70 Å². The zero-order valence-corrected chi connectivity index (χ0v) is 11.9. The lowest BCUT2D eigenvalue weighted by Crippen LogP contribution is -2.21. The van der Waals surface area contributed by atoms with Crippen molar-refractivity contribution in [1.82, 2.24) is 0 Å². The third-order valence-electron chi connectivity index (χ3n) is 2.75. The molecule has 0 atom stereocenters. The first-order chi connectivity index (χ1) is 8.76. The Bertz CT molecular complexity index is 394. The van der Waals surface area contributed by atoms with Gasteiger partial charge in [0.1, 0.15) is 0 Å². The second kappa shape index (κ2) is 7.95. The van der Waals surface area contributed by atoms with Crippen molar-refractivity contribution in [3.8, 4) is 0 Å². The van der Waals surface area contributed by atoms with Gasteiger partial charge < -0.3 is 10.6 Å². The summed E-state index contributed by atoms with van der Waals surface area (Å²) in [5.74, 6) is 0.552. The van der Waals surface area contributed by atoms with E-state index in [1.165, 1.54) is 17.4 Å². The third-order valence-corrected chi connectivity index (χ3v) is 3.34. The Labute approximate surface area is 114 Å². The van der Waals surface area contributed by atoms with Crippen LogP contribution >= 0.6 is 11.8 Å². The second-order valence-corrected chi connectivity index (χ2v) is 4.62. The number of nitrogens with two attached hydrogens (primary N) is 1. The summed E-state index contributed by atoms with van der Waals surface area (Å²) in [6.45, 7) is 9.94. The quantitative estimate of drug-likeness (QED) is 0.607. The molecule has 98 valence electrons. The molecule has 0 aliphatic heterocycles. The van der Waals surface area contributed by atoms with Crippen LogP contribution < -0.4 is 10.6 Å². The molecule has 0 saturated carbocycles. The molecule has 0 radical (unpaired) electrons. The van der Waals surface area contributed by atoms with Crippen LogP contribution in [0.25, 0.3) is 5.70 Å². The fourth-order valence-electron chi connectivity index (χ4n) is 1.76. The van der Waals surface area contributed by atoms with Crippen LogP contribution in [0.2, 0.25) is 0 Å². The van der Waals surface area contributed by atoms with E-state index in [4.69, 9.17) is 5.73 Å². The summed E-state index contributed by atoms with van der Waals surface area (Å²) < 4.78 is 0. The van der Waals surface area contributed by atoms with Crippen molar-refractivity contribution in [2.24, 2.45) is 10.7 Å². The highest BCUT2D eigenvalue weighted by atomic mass is 32.2. The average Bonchev–Trinajstić information content (AvgIpc) is 2.42. The molecule has 0 amide bonds. The normalized spacial score (nSPS) is 11.4. The minimum absolute atomic E-state index is 0.552. The number of anilines is 1. The molecule has 0 unspecified atom stereocenters. The molecule has 0 fully saturated rings. The Morgan fingerprint density at radius 3 is 2.39 bits per heavy atom. The molecule has 1 aromatic carbocycles. The number of hydrogen-bond donors (Lipinski definition) is 1. The topological polar surface area (TPSA) is 41.6 Å². The molecule has 4 heteroatoms. The van der Waals surface area contributed by atoms with Gasteiger partial charge in [-0.15, -0.1) is 11.8 Å². The zero-order valence-electron chi connectivity index (χ0n) is 11.1. The van der Waals surface area contributed by atoms with Crippen LogP contribution in [-0.4, -0.2) is 25.7 Å². The highest BCUT2D eigenvalue weighted by Gasteiger charge is 2.03. The fraction of sp³-hybridized carbons (Fsp3) is 0.357. The van der Waals surface area contributed by atoms with E-state index in [1.807, 2.05) is 5.41 Å². The van der Waals surface area contributed by atoms with Crippen molar-refractivity contribution >= 4 is 29.9 Å². The van der Waals surface area contributed by atoms with Crippen molar-refractivity contribution in [3.05, 3.63) is 35.2 Å². The highest BCUT2D eigenvalue weighted by Crippen LogP contribution is 2.22. The zero-order chi connectivity index (χ0) is 13.4. The molecular weight excluding hydrogens is 242 g/mol. The van der Waals surface area contributed by atoms with Gasteiger partial charge in [0.2, 0.25) is 0 Å². The first-order valence-corrected chi connectivity index (χ1v) is 7.15. The Balaban J connectivity index is 2.90. The Morgan fingerprint density at radius 2 is 1.94 bits per heavy atom. The SMILES string of the molecule is C=N/C(=C\SCN)c1ccc(N(CC)CC)cc1. The number of benzene rings is 1. The fourth-order valence-corrected chi connectivity index (χ4v) is 2.22. The predicted molar refractivity (Wildman–Crippen MR) is 84.2 cm³/mol. The molecule has 18 heavy (non-hydrogen) atoms. The van der Waals surface area contributed by atoms with E-state index in [-0.39, 0.29) is 0 Å². The Hall–Kier alpha value is -1.26. The van der Waals surface area contributed by atoms with Crippen molar-refractivity contribution in [1.29, 1.82) is 0 Å². The minimum atomic E-state index is 0.552. The van der Waals surface area contributed by atoms with Crippen LogP contribution in [0.5, 0.6) is 0 Å². The summed E-state index contributed by atoms with van der Waals surface area (Å²) in [6.07, 6.45) is 0. The van der Waals surface area contributed by atoms with Gasteiger partial charge in [-0.05, 0) is 38.1 Å². The standard InChI is InChI=1S/C14H21N3S/c1-4-17(5-2)13-8-6-12(7-9-13)14(16-3)10-18-11-15/h6-10H,3-5,11,15H2,1-2H3/b14-10-. The number of rotatable bonds is 7. The van der Waals surface area contributed by atoms with Crippen LogP contribution in [-0.2, 0) is 0 Å². The van der Waals surface area contributed by atoms with Crippen molar-refractivity contribution in [3.63, 3.8) is 0 Å². The molecule has 0 bridgehead atoms. The van der Waals surface area contributed by atoms with Gasteiger partial charge in [0, 0.05) is 30.2 Å². The summed E-state index contributed by atoms with van der Waals surface area (Å²) in [5, 5.41) is 1.94. The molecule has 0 saturated heterocycles. The minimum Gasteiger partial charge on any atom is -0.372 e. The Morgan fingerprint density at radius 1 is 1.33 bits per heavy atom. The van der Waals surface area contributed by atoms with Crippen LogP contribution in [0, 0.1) is 0 Å². The molecule has 0 spiro atoms. The van der Waals surface area contributed by atoms with E-state index >= 15 is 0 Å². The maximum absolute atomic E-state index is 5.46. The molecular formula is C14H21N3S. The van der Waals surface area contributed by atoms with Crippen LogP contribution in [0.3, 0.4) is 0 Å². The van der Waals surface area contributed by atoms with Crippen molar-refractivity contribution in [2.45, 2.75) is 13.8 Å². The molecule has 0 heterocycles. The molecule has 1 rings (SSSR count). The highest BCUT2D eigenvalue weighted by molar-refractivity contribution is 8.02. The van der Waals surface area contributed by atoms with Crippen LogP contribution in [0.1, 0.15) is 19.4 Å². The maximum Gasteiger partial charge on any atom is 0.0758 e. The van der Waals surface area contributed by atoms with Gasteiger partial charge in [-0.3, -0.25) is 4.99 Å².